The smallest absolute Gasteiger partial charge is 0.195 e. The van der Waals surface area contributed by atoms with Gasteiger partial charge in [0, 0.05) is 12.6 Å². The van der Waals surface area contributed by atoms with Crippen LogP contribution in [-0.2, 0) is 6.54 Å². The van der Waals surface area contributed by atoms with Crippen molar-refractivity contribution >= 4 is 12.2 Å². The van der Waals surface area contributed by atoms with Crippen molar-refractivity contribution in [2.45, 2.75) is 13.5 Å². The Hall–Kier alpha value is -1.43. The number of nitrogens with zero attached hydrogens (tertiary/aromatic N) is 3. The molecule has 6 heteroatoms. The van der Waals surface area contributed by atoms with Gasteiger partial charge in [0.05, 0.1) is 0 Å². The zero-order chi connectivity index (χ0) is 9.26. The Labute approximate surface area is 79.4 Å². The fourth-order valence-electron chi connectivity index (χ4n) is 1.13. The van der Waals surface area contributed by atoms with Crippen LogP contribution in [0.2, 0.25) is 0 Å². The molecule has 5 nitrogen and oxygen atoms in total. The van der Waals surface area contributed by atoms with E-state index in [-0.39, 0.29) is 0 Å². The second kappa shape index (κ2) is 3.14. The molecule has 0 aromatic carbocycles. The van der Waals surface area contributed by atoms with Crippen LogP contribution in [-0.4, -0.2) is 19.9 Å². The lowest BCUT2D eigenvalue weighted by molar-refractivity contribution is 0.421. The van der Waals surface area contributed by atoms with E-state index in [1.807, 2.05) is 11.5 Å². The summed E-state index contributed by atoms with van der Waals surface area (Å²) in [5, 5.41) is 10.5. The maximum atomic E-state index is 5.03. The van der Waals surface area contributed by atoms with Crippen molar-refractivity contribution in [3.63, 3.8) is 0 Å². The highest BCUT2D eigenvalue weighted by Gasteiger charge is 2.09. The van der Waals surface area contributed by atoms with Crippen LogP contribution in [0, 0.1) is 4.77 Å². The van der Waals surface area contributed by atoms with E-state index >= 15 is 0 Å². The number of H-pyrrole nitrogens is 1. The van der Waals surface area contributed by atoms with E-state index in [0.717, 1.165) is 6.54 Å². The van der Waals surface area contributed by atoms with Crippen molar-refractivity contribution in [3.05, 3.63) is 17.1 Å². The molecule has 13 heavy (non-hydrogen) atoms. The molecular weight excluding hydrogens is 188 g/mol. The molecule has 0 aliphatic heterocycles. The molecule has 0 saturated heterocycles. The molecule has 2 rings (SSSR count). The van der Waals surface area contributed by atoms with E-state index < -0.39 is 0 Å². The third-order valence-corrected chi connectivity index (χ3v) is 2.05. The summed E-state index contributed by atoms with van der Waals surface area (Å²) in [6.45, 7) is 2.76. The average Bonchev–Trinajstić information content (AvgIpc) is 2.71. The fourth-order valence-corrected chi connectivity index (χ4v) is 1.40. The van der Waals surface area contributed by atoms with E-state index in [2.05, 4.69) is 15.4 Å². The minimum atomic E-state index is 0.598. The molecule has 0 fully saturated rings. The van der Waals surface area contributed by atoms with Gasteiger partial charge in [-0.3, -0.25) is 9.67 Å². The first-order chi connectivity index (χ1) is 6.33. The standard InChI is InChI=1S/C7H8N4OS/c1-2-11-6(8-9-7(11)13)5-3-4-12-10-5/h3-4H,2H2,1H3,(H,9,13). The lowest BCUT2D eigenvalue weighted by atomic mass is 10.4. The zero-order valence-corrected chi connectivity index (χ0v) is 7.84. The third kappa shape index (κ3) is 1.29. The molecule has 2 aromatic rings. The second-order valence-electron chi connectivity index (χ2n) is 2.48. The number of aromatic nitrogens is 4. The Balaban J connectivity index is 2.58. The Morgan fingerprint density at radius 3 is 3.15 bits per heavy atom. The van der Waals surface area contributed by atoms with Crippen molar-refractivity contribution in [3.8, 4) is 11.5 Å². The fraction of sp³-hybridized carbons (Fsp3) is 0.286. The van der Waals surface area contributed by atoms with Gasteiger partial charge < -0.3 is 4.52 Å². The molecule has 0 atom stereocenters. The molecule has 0 aliphatic carbocycles. The van der Waals surface area contributed by atoms with Crippen molar-refractivity contribution in [2.75, 3.05) is 0 Å². The van der Waals surface area contributed by atoms with Crippen LogP contribution in [0.4, 0.5) is 0 Å². The minimum absolute atomic E-state index is 0.598. The monoisotopic (exact) mass is 196 g/mol. The lowest BCUT2D eigenvalue weighted by Gasteiger charge is -1.97. The number of hydrogen-bond donors (Lipinski definition) is 1. The summed E-state index contributed by atoms with van der Waals surface area (Å²) >= 11 is 5.03. The molecule has 1 N–H and O–H groups in total. The largest absolute Gasteiger partial charge is 0.364 e. The number of nitrogens with one attached hydrogen (secondary N) is 1. The van der Waals surface area contributed by atoms with Gasteiger partial charge in [0.1, 0.15) is 6.26 Å². The highest BCUT2D eigenvalue weighted by Crippen LogP contribution is 2.13. The zero-order valence-electron chi connectivity index (χ0n) is 7.02. The Morgan fingerprint density at radius 2 is 2.54 bits per heavy atom. The molecule has 0 bridgehead atoms. The van der Waals surface area contributed by atoms with Gasteiger partial charge in [-0.05, 0) is 19.1 Å². The molecule has 0 amide bonds. The predicted molar refractivity (Wildman–Crippen MR) is 48.6 cm³/mol. The lowest BCUT2D eigenvalue weighted by Crippen LogP contribution is -1.97. The van der Waals surface area contributed by atoms with Gasteiger partial charge in [0.15, 0.2) is 16.3 Å². The summed E-state index contributed by atoms with van der Waals surface area (Å²) in [4.78, 5) is 0. The van der Waals surface area contributed by atoms with Gasteiger partial charge in [-0.1, -0.05) is 5.16 Å². The number of rotatable bonds is 2. The maximum Gasteiger partial charge on any atom is 0.195 e. The first-order valence-corrected chi connectivity index (χ1v) is 4.29. The molecule has 2 heterocycles. The quantitative estimate of drug-likeness (QED) is 0.741. The summed E-state index contributed by atoms with van der Waals surface area (Å²) in [5.41, 5.74) is 0.689. The van der Waals surface area contributed by atoms with E-state index in [1.54, 1.807) is 6.07 Å². The molecule has 0 spiro atoms. The summed E-state index contributed by atoms with van der Waals surface area (Å²) in [5.74, 6) is 0.709. The van der Waals surface area contributed by atoms with Crippen molar-refractivity contribution in [2.24, 2.45) is 0 Å². The SMILES string of the molecule is CCn1c(-c2ccon2)n[nH]c1=S. The molecule has 0 radical (unpaired) electrons. The van der Waals surface area contributed by atoms with E-state index in [4.69, 9.17) is 16.7 Å². The highest BCUT2D eigenvalue weighted by atomic mass is 32.1. The minimum Gasteiger partial charge on any atom is -0.364 e. The number of hydrogen-bond acceptors (Lipinski definition) is 4. The predicted octanol–water partition coefficient (Wildman–Crippen LogP) is 1.62. The van der Waals surface area contributed by atoms with Crippen molar-refractivity contribution < 1.29 is 4.52 Å². The van der Waals surface area contributed by atoms with Crippen molar-refractivity contribution in [1.82, 2.24) is 19.9 Å². The summed E-state index contributed by atoms with van der Waals surface area (Å²) in [7, 11) is 0. The molecule has 68 valence electrons. The Bertz CT molecular complexity index is 441. The van der Waals surface area contributed by atoms with Gasteiger partial charge in [-0.15, -0.1) is 0 Å². The van der Waals surface area contributed by atoms with E-state index in [0.29, 0.717) is 16.3 Å². The summed E-state index contributed by atoms with van der Waals surface area (Å²) in [6, 6.07) is 1.75. The highest BCUT2D eigenvalue weighted by molar-refractivity contribution is 7.71. The van der Waals surface area contributed by atoms with Crippen LogP contribution < -0.4 is 0 Å². The molecule has 0 saturated carbocycles. The van der Waals surface area contributed by atoms with Crippen LogP contribution in [0.3, 0.4) is 0 Å². The Kier molecular flexibility index (Phi) is 1.97. The van der Waals surface area contributed by atoms with Crippen LogP contribution in [0.15, 0.2) is 16.9 Å². The van der Waals surface area contributed by atoms with Gasteiger partial charge in [-0.2, -0.15) is 5.10 Å². The molecule has 0 unspecified atom stereocenters. The number of aromatic amines is 1. The van der Waals surface area contributed by atoms with E-state index in [9.17, 15) is 0 Å². The average molecular weight is 196 g/mol. The maximum absolute atomic E-state index is 5.03. The molecule has 0 aliphatic rings. The molecule has 2 aromatic heterocycles. The van der Waals surface area contributed by atoms with Crippen LogP contribution in [0.25, 0.3) is 11.5 Å². The topological polar surface area (TPSA) is 59.6 Å². The van der Waals surface area contributed by atoms with Crippen LogP contribution >= 0.6 is 12.2 Å². The normalized spacial score (nSPS) is 10.5. The van der Waals surface area contributed by atoms with Gasteiger partial charge >= 0.3 is 0 Å². The van der Waals surface area contributed by atoms with Gasteiger partial charge in [0.25, 0.3) is 0 Å². The third-order valence-electron chi connectivity index (χ3n) is 1.74. The second-order valence-corrected chi connectivity index (χ2v) is 2.87. The van der Waals surface area contributed by atoms with Gasteiger partial charge in [0.2, 0.25) is 0 Å². The summed E-state index contributed by atoms with van der Waals surface area (Å²) in [6.07, 6.45) is 1.51. The molecular formula is C7H8N4OS. The van der Waals surface area contributed by atoms with Crippen molar-refractivity contribution in [1.29, 1.82) is 0 Å². The van der Waals surface area contributed by atoms with Gasteiger partial charge in [-0.25, -0.2) is 0 Å². The van der Waals surface area contributed by atoms with Crippen LogP contribution in [0.5, 0.6) is 0 Å². The van der Waals surface area contributed by atoms with E-state index in [1.165, 1.54) is 6.26 Å². The van der Waals surface area contributed by atoms with Crippen LogP contribution in [0.1, 0.15) is 6.92 Å². The summed E-state index contributed by atoms with van der Waals surface area (Å²) < 4.78 is 7.18. The first-order valence-electron chi connectivity index (χ1n) is 3.89. The Morgan fingerprint density at radius 1 is 1.69 bits per heavy atom. The first kappa shape index (κ1) is 8.18.